The minimum Gasteiger partial charge on any atom is -0.395 e. The van der Waals surface area contributed by atoms with Gasteiger partial charge in [0, 0.05) is 6.54 Å². The van der Waals surface area contributed by atoms with Gasteiger partial charge in [-0.3, -0.25) is 0 Å². The van der Waals surface area contributed by atoms with Crippen molar-refractivity contribution in [3.05, 3.63) is 0 Å². The van der Waals surface area contributed by atoms with E-state index in [2.05, 4.69) is 5.32 Å². The van der Waals surface area contributed by atoms with Crippen molar-refractivity contribution in [2.75, 3.05) is 13.2 Å². The van der Waals surface area contributed by atoms with E-state index in [1.807, 2.05) is 0 Å². The molecule has 0 bridgehead atoms. The topological polar surface area (TPSA) is 93.0 Å². The lowest BCUT2D eigenvalue weighted by Gasteiger charge is -2.34. The molecule has 1 fully saturated rings. The van der Waals surface area contributed by atoms with Crippen LogP contribution in [0.2, 0.25) is 0 Å². The lowest BCUT2D eigenvalue weighted by molar-refractivity contribution is -0.101. The highest BCUT2D eigenvalue weighted by Gasteiger charge is 2.35. The fraction of sp³-hybridized carbons (Fsp3) is 1.00. The van der Waals surface area contributed by atoms with Gasteiger partial charge in [0.1, 0.15) is 6.10 Å². The number of aliphatic hydroxyl groups excluding tert-OH is 4. The van der Waals surface area contributed by atoms with Crippen LogP contribution in [0.3, 0.4) is 0 Å². The van der Waals surface area contributed by atoms with Crippen molar-refractivity contribution >= 4 is 0 Å². The van der Waals surface area contributed by atoms with Gasteiger partial charge in [0.15, 0.2) is 0 Å². The summed E-state index contributed by atoms with van der Waals surface area (Å²) in [5, 5.41) is 38.6. The second-order valence-electron chi connectivity index (χ2n) is 2.75. The van der Waals surface area contributed by atoms with Crippen molar-refractivity contribution in [1.29, 1.82) is 0 Å². The van der Waals surface area contributed by atoms with E-state index in [1.165, 1.54) is 0 Å². The van der Waals surface area contributed by atoms with Gasteiger partial charge in [-0.05, 0) is 0 Å². The van der Waals surface area contributed by atoms with Crippen molar-refractivity contribution in [1.82, 2.24) is 5.32 Å². The van der Waals surface area contributed by atoms with Gasteiger partial charge in [-0.15, -0.1) is 0 Å². The maximum atomic E-state index is 9.18. The zero-order chi connectivity index (χ0) is 8.43. The van der Waals surface area contributed by atoms with E-state index >= 15 is 0 Å². The molecule has 1 aliphatic heterocycles. The van der Waals surface area contributed by atoms with Gasteiger partial charge in [-0.25, -0.2) is 0 Å². The molecule has 1 aliphatic rings. The molecular formula is C6H13NO4. The highest BCUT2D eigenvalue weighted by atomic mass is 16.4. The molecular weight excluding hydrogens is 150 g/mol. The summed E-state index contributed by atoms with van der Waals surface area (Å²) in [7, 11) is 0. The molecule has 5 nitrogen and oxygen atoms in total. The Morgan fingerprint density at radius 2 is 1.82 bits per heavy atom. The lowest BCUT2D eigenvalue weighted by atomic mass is 9.97. The number of hydrogen-bond donors (Lipinski definition) is 5. The van der Waals surface area contributed by atoms with Gasteiger partial charge >= 0.3 is 0 Å². The standard InChI is InChI=1S/C6H13NO4/c8-2-3-5(10)6(11)4(9)1-7-3/h3-11H,1-2H2/t3?,4-,5+,6?/m1/s1. The van der Waals surface area contributed by atoms with Crippen LogP contribution in [-0.2, 0) is 0 Å². The van der Waals surface area contributed by atoms with Gasteiger partial charge in [0.25, 0.3) is 0 Å². The number of β-amino-alcohol motifs (C(OH)–C–C–N with tert-alkyl or cyclic N) is 1. The van der Waals surface area contributed by atoms with E-state index in [1.54, 1.807) is 0 Å². The van der Waals surface area contributed by atoms with E-state index < -0.39 is 24.4 Å². The lowest BCUT2D eigenvalue weighted by Crippen LogP contribution is -2.60. The maximum absolute atomic E-state index is 9.18. The van der Waals surface area contributed by atoms with Gasteiger partial charge in [0.2, 0.25) is 0 Å². The molecule has 0 aromatic carbocycles. The summed E-state index contributed by atoms with van der Waals surface area (Å²) in [6.07, 6.45) is -3.20. The molecule has 1 rings (SSSR count). The van der Waals surface area contributed by atoms with E-state index in [9.17, 15) is 5.11 Å². The second-order valence-corrected chi connectivity index (χ2v) is 2.75. The predicted molar refractivity (Wildman–Crippen MR) is 36.9 cm³/mol. The zero-order valence-corrected chi connectivity index (χ0v) is 6.01. The molecule has 0 saturated carbocycles. The zero-order valence-electron chi connectivity index (χ0n) is 6.01. The molecule has 4 atom stereocenters. The highest BCUT2D eigenvalue weighted by Crippen LogP contribution is 2.09. The third kappa shape index (κ3) is 1.69. The molecule has 2 unspecified atom stereocenters. The SMILES string of the molecule is OCC1NC[C@@H](O)C(O)[C@H]1O. The third-order valence-electron chi connectivity index (χ3n) is 1.94. The van der Waals surface area contributed by atoms with Gasteiger partial charge in [-0.2, -0.15) is 0 Å². The summed E-state index contributed by atoms with van der Waals surface area (Å²) in [6.45, 7) is -0.0472. The Labute approximate surface area is 64.3 Å². The Morgan fingerprint density at radius 3 is 2.36 bits per heavy atom. The fourth-order valence-electron chi connectivity index (χ4n) is 1.15. The van der Waals surface area contributed by atoms with Crippen LogP contribution < -0.4 is 5.32 Å². The number of piperidine rings is 1. The third-order valence-corrected chi connectivity index (χ3v) is 1.94. The molecule has 0 aliphatic carbocycles. The van der Waals surface area contributed by atoms with E-state index in [0.29, 0.717) is 0 Å². The van der Waals surface area contributed by atoms with Crippen LogP contribution in [0.25, 0.3) is 0 Å². The summed E-state index contributed by atoms with van der Waals surface area (Å²) >= 11 is 0. The highest BCUT2D eigenvalue weighted by molar-refractivity contribution is 4.91. The summed E-state index contributed by atoms with van der Waals surface area (Å²) in [5.41, 5.74) is 0. The minimum absolute atomic E-state index is 0.198. The van der Waals surface area contributed by atoms with E-state index in [4.69, 9.17) is 15.3 Å². The summed E-state index contributed by atoms with van der Waals surface area (Å²) in [5.74, 6) is 0. The van der Waals surface area contributed by atoms with Crippen LogP contribution in [0, 0.1) is 0 Å². The Bertz CT molecular complexity index is 130. The van der Waals surface area contributed by atoms with Crippen molar-refractivity contribution in [2.45, 2.75) is 24.4 Å². The molecule has 0 aromatic heterocycles. The molecule has 66 valence electrons. The quantitative estimate of drug-likeness (QED) is 0.285. The first-order chi connectivity index (χ1) is 5.16. The van der Waals surface area contributed by atoms with Crippen LogP contribution in [-0.4, -0.2) is 57.9 Å². The molecule has 0 spiro atoms. The van der Waals surface area contributed by atoms with Crippen LogP contribution in [0.4, 0.5) is 0 Å². The van der Waals surface area contributed by atoms with Crippen LogP contribution in [0.15, 0.2) is 0 Å². The molecule has 0 amide bonds. The van der Waals surface area contributed by atoms with Crippen molar-refractivity contribution in [2.24, 2.45) is 0 Å². The molecule has 0 radical (unpaired) electrons. The first-order valence-corrected chi connectivity index (χ1v) is 3.55. The second kappa shape index (κ2) is 3.46. The molecule has 11 heavy (non-hydrogen) atoms. The summed E-state index contributed by atoms with van der Waals surface area (Å²) < 4.78 is 0. The minimum atomic E-state index is -1.16. The number of aliphatic hydroxyl groups is 4. The molecule has 0 aromatic rings. The first kappa shape index (κ1) is 8.89. The van der Waals surface area contributed by atoms with Crippen molar-refractivity contribution in [3.63, 3.8) is 0 Å². The Hall–Kier alpha value is -0.200. The van der Waals surface area contributed by atoms with Crippen LogP contribution in [0.5, 0.6) is 0 Å². The van der Waals surface area contributed by atoms with Crippen molar-refractivity contribution < 1.29 is 20.4 Å². The number of rotatable bonds is 1. The average molecular weight is 163 g/mol. The Morgan fingerprint density at radius 1 is 1.18 bits per heavy atom. The summed E-state index contributed by atoms with van der Waals surface area (Å²) in [4.78, 5) is 0. The van der Waals surface area contributed by atoms with E-state index in [0.717, 1.165) is 0 Å². The van der Waals surface area contributed by atoms with Crippen molar-refractivity contribution in [3.8, 4) is 0 Å². The molecule has 1 saturated heterocycles. The summed E-state index contributed by atoms with van der Waals surface area (Å²) in [6, 6.07) is -0.534. The molecule has 1 heterocycles. The predicted octanol–water partition coefficient (Wildman–Crippen LogP) is -2.97. The molecule has 5 heteroatoms. The maximum Gasteiger partial charge on any atom is 0.109 e. The van der Waals surface area contributed by atoms with E-state index in [-0.39, 0.29) is 13.2 Å². The van der Waals surface area contributed by atoms with Gasteiger partial charge in [0.05, 0.1) is 24.9 Å². The Balaban J connectivity index is 2.52. The fourth-order valence-corrected chi connectivity index (χ4v) is 1.15. The largest absolute Gasteiger partial charge is 0.395 e. The van der Waals surface area contributed by atoms with Crippen LogP contribution in [0.1, 0.15) is 0 Å². The Kier molecular flexibility index (Phi) is 2.80. The normalized spacial score (nSPS) is 45.8. The first-order valence-electron chi connectivity index (χ1n) is 3.55. The number of hydrogen-bond acceptors (Lipinski definition) is 5. The van der Waals surface area contributed by atoms with Gasteiger partial charge in [-0.1, -0.05) is 0 Å². The number of nitrogens with one attached hydrogen (secondary N) is 1. The smallest absolute Gasteiger partial charge is 0.109 e. The van der Waals surface area contributed by atoms with Gasteiger partial charge < -0.3 is 25.7 Å². The monoisotopic (exact) mass is 163 g/mol. The molecule has 5 N–H and O–H groups in total. The average Bonchev–Trinajstić information content (AvgIpc) is 2.01. The van der Waals surface area contributed by atoms with Crippen LogP contribution >= 0.6 is 0 Å².